The minimum atomic E-state index is -0.666. The van der Waals surface area contributed by atoms with Crippen molar-refractivity contribution < 1.29 is 14.7 Å². The maximum absolute atomic E-state index is 12.5. The van der Waals surface area contributed by atoms with Crippen molar-refractivity contribution in [2.45, 2.75) is 32.0 Å². The Bertz CT molecular complexity index is 953. The first kappa shape index (κ1) is 23.9. The van der Waals surface area contributed by atoms with E-state index < -0.39 is 6.10 Å². The second-order valence-electron chi connectivity index (χ2n) is 8.17. The Kier molecular flexibility index (Phi) is 8.00. The van der Waals surface area contributed by atoms with Crippen LogP contribution < -0.4 is 10.6 Å². The van der Waals surface area contributed by atoms with Gasteiger partial charge in [0, 0.05) is 52.3 Å². The van der Waals surface area contributed by atoms with Gasteiger partial charge in [-0.1, -0.05) is 24.3 Å². The number of fused-ring (bicyclic) bond motifs is 1. The number of halogens is 1. The molecule has 2 aliphatic rings. The third-order valence-electron chi connectivity index (χ3n) is 5.76. The maximum Gasteiger partial charge on any atom is 0.270 e. The summed E-state index contributed by atoms with van der Waals surface area (Å²) in [6, 6.07) is 10.1. The van der Waals surface area contributed by atoms with Gasteiger partial charge in [0.05, 0.1) is 12.1 Å². The van der Waals surface area contributed by atoms with Gasteiger partial charge in [-0.25, -0.2) is 9.97 Å². The number of likely N-dealkylation sites (tertiary alicyclic amines) is 1. The summed E-state index contributed by atoms with van der Waals surface area (Å²) in [4.78, 5) is 35.8. The van der Waals surface area contributed by atoms with Crippen LogP contribution in [0.3, 0.4) is 0 Å². The molecule has 1 aromatic carbocycles. The summed E-state index contributed by atoms with van der Waals surface area (Å²) in [5.41, 5.74) is 2.90. The molecular formula is C22H29ClN6O3. The van der Waals surface area contributed by atoms with Crippen LogP contribution >= 0.6 is 12.4 Å². The average Bonchev–Trinajstić information content (AvgIpc) is 2.74. The smallest absolute Gasteiger partial charge is 0.270 e. The van der Waals surface area contributed by atoms with Crippen molar-refractivity contribution in [1.82, 2.24) is 25.1 Å². The molecule has 1 atom stereocenters. The van der Waals surface area contributed by atoms with Crippen LogP contribution in [0, 0.1) is 0 Å². The van der Waals surface area contributed by atoms with Crippen LogP contribution in [-0.2, 0) is 17.8 Å². The van der Waals surface area contributed by atoms with Gasteiger partial charge >= 0.3 is 0 Å². The fraction of sp³-hybridized carbons (Fsp3) is 0.455. The molecule has 1 aromatic heterocycles. The number of nitrogens with one attached hydrogen (secondary N) is 2. The standard InChI is InChI=1S/C22H28N6O3.ClH/c1-15(29)28-11-18(12-28)26-21-8-20(24-14-25-21)22(31)23-9-19(30)13-27-7-6-16-4-2-3-5-17(16)10-27;/h2-5,8,14,18-19,30H,6-7,9-13H2,1H3,(H,23,31)(H,24,25,26);1H/t19-;/m0./s1. The topological polar surface area (TPSA) is 111 Å². The van der Waals surface area contributed by atoms with Crippen LogP contribution in [0.25, 0.3) is 0 Å². The number of aliphatic hydroxyl groups is 1. The Morgan fingerprint density at radius 2 is 1.97 bits per heavy atom. The van der Waals surface area contributed by atoms with Gasteiger partial charge in [0.15, 0.2) is 0 Å². The summed E-state index contributed by atoms with van der Waals surface area (Å²) < 4.78 is 0. The van der Waals surface area contributed by atoms with E-state index in [0.717, 1.165) is 19.5 Å². The van der Waals surface area contributed by atoms with Crippen molar-refractivity contribution in [3.63, 3.8) is 0 Å². The summed E-state index contributed by atoms with van der Waals surface area (Å²) in [7, 11) is 0. The molecule has 0 aliphatic carbocycles. The first-order valence-corrected chi connectivity index (χ1v) is 10.6. The number of hydrogen-bond acceptors (Lipinski definition) is 7. The van der Waals surface area contributed by atoms with Gasteiger partial charge in [-0.05, 0) is 17.5 Å². The van der Waals surface area contributed by atoms with Gasteiger partial charge in [0.1, 0.15) is 17.8 Å². The van der Waals surface area contributed by atoms with Crippen molar-refractivity contribution >= 4 is 30.0 Å². The molecule has 2 amide bonds. The van der Waals surface area contributed by atoms with Crippen molar-refractivity contribution in [1.29, 1.82) is 0 Å². The lowest BCUT2D eigenvalue weighted by Crippen LogP contribution is -2.56. The molecule has 3 N–H and O–H groups in total. The number of carbonyl (C=O) groups is 2. The number of benzene rings is 1. The highest BCUT2D eigenvalue weighted by atomic mass is 35.5. The summed E-state index contributed by atoms with van der Waals surface area (Å²) in [5, 5.41) is 16.4. The lowest BCUT2D eigenvalue weighted by molar-refractivity contribution is -0.132. The lowest BCUT2D eigenvalue weighted by atomic mass is 10.00. The van der Waals surface area contributed by atoms with Crippen molar-refractivity contribution in [2.75, 3.05) is 38.0 Å². The highest BCUT2D eigenvalue weighted by Crippen LogP contribution is 2.18. The third kappa shape index (κ3) is 5.93. The van der Waals surface area contributed by atoms with E-state index in [-0.39, 0.29) is 42.5 Å². The molecule has 3 heterocycles. The molecule has 2 aliphatic heterocycles. The molecule has 0 radical (unpaired) electrons. The lowest BCUT2D eigenvalue weighted by Gasteiger charge is -2.39. The summed E-state index contributed by atoms with van der Waals surface area (Å²) in [6.07, 6.45) is 1.64. The van der Waals surface area contributed by atoms with Gasteiger partial charge in [-0.2, -0.15) is 0 Å². The van der Waals surface area contributed by atoms with Crippen LogP contribution in [-0.4, -0.2) is 81.6 Å². The fourth-order valence-corrected chi connectivity index (χ4v) is 3.97. The molecule has 32 heavy (non-hydrogen) atoms. The number of amides is 2. The van der Waals surface area contributed by atoms with Crippen LogP contribution in [0.15, 0.2) is 36.7 Å². The van der Waals surface area contributed by atoms with Crippen LogP contribution in [0.1, 0.15) is 28.5 Å². The van der Waals surface area contributed by atoms with Crippen molar-refractivity contribution in [3.8, 4) is 0 Å². The Balaban J connectivity index is 0.00000289. The van der Waals surface area contributed by atoms with Gasteiger partial charge in [-0.15, -0.1) is 12.4 Å². The first-order valence-electron chi connectivity index (χ1n) is 10.6. The van der Waals surface area contributed by atoms with E-state index in [2.05, 4.69) is 43.7 Å². The Labute approximate surface area is 193 Å². The molecule has 0 saturated carbocycles. The molecule has 0 bridgehead atoms. The number of β-amino-alcohol motifs (C(OH)–C–C–N with tert-alkyl or cyclic N) is 1. The highest BCUT2D eigenvalue weighted by molar-refractivity contribution is 5.92. The number of aliphatic hydroxyl groups excluding tert-OH is 1. The predicted molar refractivity (Wildman–Crippen MR) is 123 cm³/mol. The monoisotopic (exact) mass is 460 g/mol. The summed E-state index contributed by atoms with van der Waals surface area (Å²) >= 11 is 0. The van der Waals surface area contributed by atoms with E-state index in [1.807, 2.05) is 6.07 Å². The second kappa shape index (κ2) is 10.7. The SMILES string of the molecule is CC(=O)N1CC(Nc2cc(C(=O)NC[C@H](O)CN3CCc4ccccc4C3)ncn2)C1.Cl. The molecule has 9 nitrogen and oxygen atoms in total. The van der Waals surface area contributed by atoms with E-state index in [1.54, 1.807) is 17.9 Å². The van der Waals surface area contributed by atoms with E-state index in [9.17, 15) is 14.7 Å². The number of rotatable bonds is 7. The van der Waals surface area contributed by atoms with E-state index in [1.165, 1.54) is 17.5 Å². The quantitative estimate of drug-likeness (QED) is 0.557. The molecule has 0 spiro atoms. The van der Waals surface area contributed by atoms with Crippen molar-refractivity contribution in [3.05, 3.63) is 53.5 Å². The van der Waals surface area contributed by atoms with Gasteiger partial charge in [0.2, 0.25) is 5.91 Å². The Morgan fingerprint density at radius 3 is 2.72 bits per heavy atom. The Hall–Kier alpha value is -2.75. The number of nitrogens with zero attached hydrogens (tertiary/aromatic N) is 4. The number of aromatic nitrogens is 2. The minimum absolute atomic E-state index is 0. The van der Waals surface area contributed by atoms with Crippen LogP contribution in [0.5, 0.6) is 0 Å². The maximum atomic E-state index is 12.5. The largest absolute Gasteiger partial charge is 0.390 e. The van der Waals surface area contributed by atoms with Gasteiger partial charge < -0.3 is 20.6 Å². The number of anilines is 1. The molecule has 0 unspecified atom stereocenters. The van der Waals surface area contributed by atoms with Crippen molar-refractivity contribution in [2.24, 2.45) is 0 Å². The van der Waals surface area contributed by atoms with Crippen LogP contribution in [0.4, 0.5) is 5.82 Å². The molecule has 172 valence electrons. The first-order chi connectivity index (χ1) is 15.0. The van der Waals surface area contributed by atoms with Gasteiger partial charge in [-0.3, -0.25) is 14.5 Å². The van der Waals surface area contributed by atoms with E-state index in [4.69, 9.17) is 0 Å². The van der Waals surface area contributed by atoms with E-state index in [0.29, 0.717) is 25.5 Å². The van der Waals surface area contributed by atoms with E-state index >= 15 is 0 Å². The molecule has 1 saturated heterocycles. The second-order valence-corrected chi connectivity index (χ2v) is 8.17. The predicted octanol–water partition coefficient (Wildman–Crippen LogP) is 0.690. The van der Waals surface area contributed by atoms with Gasteiger partial charge in [0.25, 0.3) is 5.91 Å². The molecule has 1 fully saturated rings. The number of hydrogen-bond donors (Lipinski definition) is 3. The highest BCUT2D eigenvalue weighted by Gasteiger charge is 2.28. The Morgan fingerprint density at radius 1 is 1.22 bits per heavy atom. The third-order valence-corrected chi connectivity index (χ3v) is 5.76. The number of carbonyl (C=O) groups excluding carboxylic acids is 2. The zero-order chi connectivity index (χ0) is 21.8. The molecule has 2 aromatic rings. The van der Waals surface area contributed by atoms with Crippen LogP contribution in [0.2, 0.25) is 0 Å². The summed E-state index contributed by atoms with van der Waals surface area (Å²) in [6.45, 7) is 5.14. The zero-order valence-electron chi connectivity index (χ0n) is 18.0. The minimum Gasteiger partial charge on any atom is -0.390 e. The molecule has 4 rings (SSSR count). The average molecular weight is 461 g/mol. The fourth-order valence-electron chi connectivity index (χ4n) is 3.97. The normalized spacial score (nSPS) is 16.9. The molecular weight excluding hydrogens is 432 g/mol. The zero-order valence-corrected chi connectivity index (χ0v) is 18.8. The summed E-state index contributed by atoms with van der Waals surface area (Å²) in [5.74, 6) is 0.237. The molecule has 10 heteroatoms.